The second kappa shape index (κ2) is 14.7. The monoisotopic (exact) mass is 671 g/mol. The number of carbonyl (C=O) groups excluding carboxylic acids is 2. The van der Waals surface area contributed by atoms with Gasteiger partial charge in [-0.25, -0.2) is 8.42 Å². The Bertz CT molecular complexity index is 1500. The summed E-state index contributed by atoms with van der Waals surface area (Å²) in [6.07, 6.45) is 5.17. The van der Waals surface area contributed by atoms with Gasteiger partial charge >= 0.3 is 0 Å². The van der Waals surface area contributed by atoms with Crippen molar-refractivity contribution in [2.45, 2.75) is 50.7 Å². The van der Waals surface area contributed by atoms with Gasteiger partial charge in [-0.15, -0.1) is 0 Å². The van der Waals surface area contributed by atoms with E-state index in [1.165, 1.54) is 25.2 Å². The molecule has 4 rings (SSSR count). The molecule has 2 amide bonds. The minimum atomic E-state index is -3.96. The van der Waals surface area contributed by atoms with E-state index in [9.17, 15) is 18.0 Å². The molecule has 1 N–H and O–H groups in total. The first-order chi connectivity index (χ1) is 20.6. The maximum absolute atomic E-state index is 14.3. The van der Waals surface area contributed by atoms with Crippen LogP contribution in [0, 0.1) is 0 Å². The Hall–Kier alpha value is -3.57. The van der Waals surface area contributed by atoms with E-state index >= 15 is 0 Å². The van der Waals surface area contributed by atoms with E-state index in [1.807, 2.05) is 54.6 Å². The zero-order valence-corrected chi connectivity index (χ0v) is 27.1. The van der Waals surface area contributed by atoms with Crippen molar-refractivity contribution in [1.29, 1.82) is 0 Å². The summed E-state index contributed by atoms with van der Waals surface area (Å²) in [5.41, 5.74) is 1.85. The van der Waals surface area contributed by atoms with Crippen molar-refractivity contribution in [3.63, 3.8) is 0 Å². The van der Waals surface area contributed by atoms with Crippen LogP contribution in [-0.4, -0.2) is 64.2 Å². The average Bonchev–Trinajstić information content (AvgIpc) is 3.51. The lowest BCUT2D eigenvalue weighted by molar-refractivity contribution is -0.140. The van der Waals surface area contributed by atoms with Crippen LogP contribution in [0.3, 0.4) is 0 Å². The third kappa shape index (κ3) is 8.73. The highest BCUT2D eigenvalue weighted by molar-refractivity contribution is 9.10. The first-order valence-corrected chi connectivity index (χ1v) is 16.8. The van der Waals surface area contributed by atoms with Gasteiger partial charge in [-0.05, 0) is 48.2 Å². The van der Waals surface area contributed by atoms with Gasteiger partial charge in [0.1, 0.15) is 24.1 Å². The molecule has 0 aliphatic heterocycles. The van der Waals surface area contributed by atoms with Gasteiger partial charge in [0.15, 0.2) is 0 Å². The van der Waals surface area contributed by atoms with Gasteiger partial charge < -0.3 is 19.7 Å². The van der Waals surface area contributed by atoms with E-state index in [4.69, 9.17) is 9.47 Å². The largest absolute Gasteiger partial charge is 0.497 e. The topological polar surface area (TPSA) is 105 Å². The number of benzene rings is 3. The van der Waals surface area contributed by atoms with Crippen molar-refractivity contribution in [2.75, 3.05) is 31.3 Å². The molecular formula is C32H38BrN3O6S. The summed E-state index contributed by atoms with van der Waals surface area (Å²) in [6, 6.07) is 20.9. The number of sulfonamides is 1. The molecule has 0 radical (unpaired) electrons. The van der Waals surface area contributed by atoms with Crippen LogP contribution in [0.2, 0.25) is 0 Å². The SMILES string of the molecule is COc1ccc(OC)c(N(CC(=O)N(Cc2ccc(Br)cc2)[C@@H](Cc2ccccc2)C(=O)NC2CCCC2)S(C)(=O)=O)c1. The second-order valence-corrected chi connectivity index (χ2v) is 13.5. The van der Waals surface area contributed by atoms with Gasteiger partial charge in [-0.2, -0.15) is 0 Å². The molecule has 43 heavy (non-hydrogen) atoms. The predicted octanol–water partition coefficient (Wildman–Crippen LogP) is 4.93. The molecule has 1 fully saturated rings. The zero-order valence-electron chi connectivity index (χ0n) is 24.7. The number of hydrogen-bond acceptors (Lipinski definition) is 6. The highest BCUT2D eigenvalue weighted by Crippen LogP contribution is 2.34. The third-order valence-electron chi connectivity index (χ3n) is 7.57. The number of methoxy groups -OCH3 is 2. The molecule has 3 aromatic carbocycles. The molecule has 1 saturated carbocycles. The Kier molecular flexibility index (Phi) is 11.1. The number of anilines is 1. The summed E-state index contributed by atoms with van der Waals surface area (Å²) in [4.78, 5) is 29.8. The van der Waals surface area contributed by atoms with Crippen LogP contribution in [0.25, 0.3) is 0 Å². The van der Waals surface area contributed by atoms with Gasteiger partial charge in [-0.3, -0.25) is 13.9 Å². The van der Waals surface area contributed by atoms with E-state index < -0.39 is 28.5 Å². The number of hydrogen-bond donors (Lipinski definition) is 1. The highest BCUT2D eigenvalue weighted by atomic mass is 79.9. The van der Waals surface area contributed by atoms with Crippen molar-refractivity contribution < 1.29 is 27.5 Å². The molecule has 0 saturated heterocycles. The molecule has 1 atom stereocenters. The summed E-state index contributed by atoms with van der Waals surface area (Å²) >= 11 is 3.45. The predicted molar refractivity (Wildman–Crippen MR) is 171 cm³/mol. The number of nitrogens with zero attached hydrogens (tertiary/aromatic N) is 2. The minimum absolute atomic E-state index is 0.0453. The van der Waals surface area contributed by atoms with Crippen molar-refractivity contribution in [3.8, 4) is 11.5 Å². The average molecular weight is 673 g/mol. The molecule has 1 aliphatic carbocycles. The molecule has 1 aliphatic rings. The highest BCUT2D eigenvalue weighted by Gasteiger charge is 2.35. The fourth-order valence-electron chi connectivity index (χ4n) is 5.29. The number of ether oxygens (including phenoxy) is 2. The summed E-state index contributed by atoms with van der Waals surface area (Å²) in [5.74, 6) is -0.119. The third-order valence-corrected chi connectivity index (χ3v) is 9.23. The number of nitrogens with one attached hydrogen (secondary N) is 1. The maximum atomic E-state index is 14.3. The van der Waals surface area contributed by atoms with Crippen molar-refractivity contribution in [3.05, 3.63) is 88.4 Å². The molecule has 11 heteroatoms. The van der Waals surface area contributed by atoms with Gasteiger partial charge in [0.2, 0.25) is 21.8 Å². The van der Waals surface area contributed by atoms with Crippen LogP contribution in [0.15, 0.2) is 77.3 Å². The number of amides is 2. The zero-order chi connectivity index (χ0) is 31.0. The lowest BCUT2D eigenvalue weighted by Crippen LogP contribution is -2.54. The number of carbonyl (C=O) groups is 2. The van der Waals surface area contributed by atoms with E-state index in [1.54, 1.807) is 12.1 Å². The Labute approximate surface area is 262 Å². The summed E-state index contributed by atoms with van der Waals surface area (Å²) in [6.45, 7) is -0.435. The van der Waals surface area contributed by atoms with E-state index in [0.717, 1.165) is 51.8 Å². The van der Waals surface area contributed by atoms with Crippen LogP contribution in [-0.2, 0) is 32.6 Å². The molecule has 3 aromatic rings. The smallest absolute Gasteiger partial charge is 0.244 e. The first-order valence-electron chi connectivity index (χ1n) is 14.2. The van der Waals surface area contributed by atoms with Gasteiger partial charge in [-0.1, -0.05) is 71.2 Å². The van der Waals surface area contributed by atoms with Crippen LogP contribution in [0.1, 0.15) is 36.8 Å². The van der Waals surface area contributed by atoms with E-state index in [-0.39, 0.29) is 36.4 Å². The molecular weight excluding hydrogens is 634 g/mol. The minimum Gasteiger partial charge on any atom is -0.497 e. The Balaban J connectivity index is 1.76. The van der Waals surface area contributed by atoms with Gasteiger partial charge in [0, 0.05) is 29.5 Å². The summed E-state index contributed by atoms with van der Waals surface area (Å²) in [5, 5.41) is 3.17. The molecule has 0 spiro atoms. The van der Waals surface area contributed by atoms with Crippen LogP contribution in [0.4, 0.5) is 5.69 Å². The molecule has 0 aromatic heterocycles. The lowest BCUT2D eigenvalue weighted by atomic mass is 10.0. The van der Waals surface area contributed by atoms with Crippen LogP contribution < -0.4 is 19.1 Å². The van der Waals surface area contributed by atoms with Crippen LogP contribution >= 0.6 is 15.9 Å². The Morgan fingerprint density at radius 1 is 0.953 bits per heavy atom. The molecule has 230 valence electrons. The Morgan fingerprint density at radius 2 is 1.63 bits per heavy atom. The first kappa shape index (κ1) is 32.3. The lowest BCUT2D eigenvalue weighted by Gasteiger charge is -2.34. The van der Waals surface area contributed by atoms with Gasteiger partial charge in [0.25, 0.3) is 0 Å². The molecule has 0 unspecified atom stereocenters. The van der Waals surface area contributed by atoms with Crippen molar-refractivity contribution in [2.24, 2.45) is 0 Å². The van der Waals surface area contributed by atoms with Crippen molar-refractivity contribution in [1.82, 2.24) is 10.2 Å². The fraction of sp³-hybridized carbons (Fsp3) is 0.375. The summed E-state index contributed by atoms with van der Waals surface area (Å²) < 4.78 is 39.0. The summed E-state index contributed by atoms with van der Waals surface area (Å²) in [7, 11) is -1.06. The van der Waals surface area contributed by atoms with Crippen molar-refractivity contribution >= 4 is 43.5 Å². The number of halogens is 1. The van der Waals surface area contributed by atoms with Gasteiger partial charge in [0.05, 0.1) is 26.2 Å². The Morgan fingerprint density at radius 3 is 2.23 bits per heavy atom. The molecule has 0 bridgehead atoms. The second-order valence-electron chi connectivity index (χ2n) is 10.7. The number of rotatable bonds is 13. The normalized spacial score (nSPS) is 14.1. The quantitative estimate of drug-likeness (QED) is 0.276. The fourth-order valence-corrected chi connectivity index (χ4v) is 6.40. The van der Waals surface area contributed by atoms with E-state index in [2.05, 4.69) is 21.2 Å². The molecule has 9 nitrogen and oxygen atoms in total. The van der Waals surface area contributed by atoms with E-state index in [0.29, 0.717) is 5.75 Å². The van der Waals surface area contributed by atoms with Crippen LogP contribution in [0.5, 0.6) is 11.5 Å². The molecule has 0 heterocycles. The maximum Gasteiger partial charge on any atom is 0.244 e. The standard InChI is InChI=1S/C32H38BrN3O6S/c1-41-27-17-18-30(42-2)28(20-27)36(43(3,39)40)22-31(37)35(21-24-13-15-25(33)16-14-24)29(19-23-9-5-4-6-10-23)32(38)34-26-11-7-8-12-26/h4-6,9-10,13-18,20,26,29H,7-8,11-12,19,21-22H2,1-3H3,(H,34,38)/t29-/m0/s1.